The van der Waals surface area contributed by atoms with Gasteiger partial charge in [-0.25, -0.2) is 4.79 Å². The SMILES string of the molecule is CCC(C)c1ccc(NC(=O)Cn2ccc3c2c(=O)n(C)c(=O)n3C)cc1. The van der Waals surface area contributed by atoms with E-state index >= 15 is 0 Å². The van der Waals surface area contributed by atoms with E-state index in [1.165, 1.54) is 17.2 Å². The fourth-order valence-electron chi connectivity index (χ4n) is 3.16. The minimum atomic E-state index is -0.413. The molecule has 1 amide bonds. The highest BCUT2D eigenvalue weighted by Gasteiger charge is 2.14. The number of carbonyl (C=O) groups excluding carboxylic acids is 1. The second kappa shape index (κ2) is 7.26. The van der Waals surface area contributed by atoms with Crippen LogP contribution < -0.4 is 16.6 Å². The molecule has 27 heavy (non-hydrogen) atoms. The molecule has 0 aliphatic carbocycles. The van der Waals surface area contributed by atoms with Gasteiger partial charge in [0.15, 0.2) is 0 Å². The third kappa shape index (κ3) is 3.45. The van der Waals surface area contributed by atoms with E-state index in [-0.39, 0.29) is 12.5 Å². The van der Waals surface area contributed by atoms with Gasteiger partial charge < -0.3 is 9.88 Å². The lowest BCUT2D eigenvalue weighted by atomic mass is 9.99. The van der Waals surface area contributed by atoms with Crippen molar-refractivity contribution < 1.29 is 4.79 Å². The first-order valence-electron chi connectivity index (χ1n) is 8.98. The van der Waals surface area contributed by atoms with Crippen molar-refractivity contribution in [3.8, 4) is 0 Å². The van der Waals surface area contributed by atoms with Crippen LogP contribution in [-0.2, 0) is 25.4 Å². The van der Waals surface area contributed by atoms with Gasteiger partial charge in [0.1, 0.15) is 12.1 Å². The zero-order valence-corrected chi connectivity index (χ0v) is 16.0. The van der Waals surface area contributed by atoms with Gasteiger partial charge in [0.25, 0.3) is 5.56 Å². The van der Waals surface area contributed by atoms with E-state index in [4.69, 9.17) is 0 Å². The molecule has 7 heteroatoms. The summed E-state index contributed by atoms with van der Waals surface area (Å²) in [5, 5.41) is 2.85. The highest BCUT2D eigenvalue weighted by molar-refractivity contribution is 5.91. The Morgan fingerprint density at radius 2 is 1.74 bits per heavy atom. The summed E-state index contributed by atoms with van der Waals surface area (Å²) in [6.45, 7) is 4.30. The van der Waals surface area contributed by atoms with Crippen LogP contribution in [0.15, 0.2) is 46.1 Å². The molecule has 1 N–H and O–H groups in total. The average molecular weight is 368 g/mol. The number of nitrogens with one attached hydrogen (secondary N) is 1. The van der Waals surface area contributed by atoms with Crippen LogP contribution in [0.2, 0.25) is 0 Å². The maximum absolute atomic E-state index is 12.4. The predicted octanol–water partition coefficient (Wildman–Crippen LogP) is 2.19. The van der Waals surface area contributed by atoms with Crippen LogP contribution in [0.1, 0.15) is 31.7 Å². The summed E-state index contributed by atoms with van der Waals surface area (Å²) < 4.78 is 4.02. The molecule has 3 aromatic rings. The molecule has 0 saturated heterocycles. The number of benzene rings is 1. The van der Waals surface area contributed by atoms with Gasteiger partial charge in [-0.15, -0.1) is 0 Å². The molecule has 2 heterocycles. The Kier molecular flexibility index (Phi) is 5.03. The van der Waals surface area contributed by atoms with Crippen molar-refractivity contribution in [1.29, 1.82) is 0 Å². The largest absolute Gasteiger partial charge is 0.332 e. The van der Waals surface area contributed by atoms with Crippen molar-refractivity contribution in [2.45, 2.75) is 32.7 Å². The fraction of sp³-hybridized carbons (Fsp3) is 0.350. The topological polar surface area (TPSA) is 78.0 Å². The van der Waals surface area contributed by atoms with Crippen molar-refractivity contribution in [3.63, 3.8) is 0 Å². The van der Waals surface area contributed by atoms with Crippen molar-refractivity contribution in [1.82, 2.24) is 13.7 Å². The molecule has 1 aromatic carbocycles. The molecule has 1 atom stereocenters. The van der Waals surface area contributed by atoms with Crippen LogP contribution in [0, 0.1) is 0 Å². The molecular formula is C20H24N4O3. The first kappa shape index (κ1) is 18.7. The van der Waals surface area contributed by atoms with E-state index in [2.05, 4.69) is 19.2 Å². The van der Waals surface area contributed by atoms with Gasteiger partial charge in [-0.3, -0.25) is 18.7 Å². The smallest absolute Gasteiger partial charge is 0.331 e. The Balaban J connectivity index is 1.83. The molecule has 3 rings (SSSR count). The Morgan fingerprint density at radius 3 is 2.37 bits per heavy atom. The Morgan fingerprint density at radius 1 is 1.07 bits per heavy atom. The van der Waals surface area contributed by atoms with Crippen molar-refractivity contribution in [2.24, 2.45) is 14.1 Å². The second-order valence-corrected chi connectivity index (χ2v) is 6.86. The van der Waals surface area contributed by atoms with Crippen molar-refractivity contribution in [3.05, 3.63) is 62.9 Å². The average Bonchev–Trinajstić information content (AvgIpc) is 3.08. The molecule has 0 spiro atoms. The molecule has 2 aromatic heterocycles. The Hall–Kier alpha value is -3.09. The van der Waals surface area contributed by atoms with Gasteiger partial charge in [-0.1, -0.05) is 26.0 Å². The number of aromatic nitrogens is 3. The standard InChI is InChI=1S/C20H24N4O3/c1-5-13(2)14-6-8-15(9-7-14)21-17(25)12-24-11-10-16-18(24)19(26)23(4)20(27)22(16)3/h6-11,13H,5,12H2,1-4H3,(H,21,25). The van der Waals surface area contributed by atoms with Crippen molar-refractivity contribution in [2.75, 3.05) is 5.32 Å². The summed E-state index contributed by atoms with van der Waals surface area (Å²) in [6.07, 6.45) is 2.71. The van der Waals surface area contributed by atoms with Gasteiger partial charge in [-0.05, 0) is 36.1 Å². The lowest BCUT2D eigenvalue weighted by molar-refractivity contribution is -0.116. The monoisotopic (exact) mass is 368 g/mol. The molecule has 0 aliphatic rings. The Labute approximate surface area is 156 Å². The van der Waals surface area contributed by atoms with Gasteiger partial charge in [-0.2, -0.15) is 0 Å². The molecule has 0 radical (unpaired) electrons. The van der Waals surface area contributed by atoms with Crippen LogP contribution in [0.25, 0.3) is 11.0 Å². The minimum Gasteiger partial charge on any atom is -0.332 e. The molecule has 0 bridgehead atoms. The molecular weight excluding hydrogens is 344 g/mol. The van der Waals surface area contributed by atoms with Gasteiger partial charge in [0.2, 0.25) is 5.91 Å². The zero-order chi connectivity index (χ0) is 19.7. The van der Waals surface area contributed by atoms with Gasteiger partial charge in [0.05, 0.1) is 5.52 Å². The number of anilines is 1. The van der Waals surface area contributed by atoms with Crippen molar-refractivity contribution >= 4 is 22.6 Å². The van der Waals surface area contributed by atoms with E-state index in [1.807, 2.05) is 24.3 Å². The first-order chi connectivity index (χ1) is 12.8. The fourth-order valence-corrected chi connectivity index (χ4v) is 3.16. The summed E-state index contributed by atoms with van der Waals surface area (Å²) >= 11 is 0. The second-order valence-electron chi connectivity index (χ2n) is 6.86. The number of carbonyl (C=O) groups is 1. The summed E-state index contributed by atoms with van der Waals surface area (Å²) in [6, 6.07) is 9.47. The lowest BCUT2D eigenvalue weighted by Gasteiger charge is -2.11. The minimum absolute atomic E-state index is 0.00986. The maximum atomic E-state index is 12.4. The van der Waals surface area contributed by atoms with Crippen LogP contribution in [0.5, 0.6) is 0 Å². The molecule has 1 unspecified atom stereocenters. The summed E-state index contributed by atoms with van der Waals surface area (Å²) in [5.74, 6) is 0.239. The van der Waals surface area contributed by atoms with Crippen LogP contribution in [0.3, 0.4) is 0 Å². The summed E-state index contributed by atoms with van der Waals surface area (Å²) in [7, 11) is 3.04. The number of rotatable bonds is 5. The van der Waals surface area contributed by atoms with Crippen LogP contribution in [-0.4, -0.2) is 19.6 Å². The van der Waals surface area contributed by atoms with E-state index in [0.717, 1.165) is 11.0 Å². The Bertz CT molecular complexity index is 1100. The van der Waals surface area contributed by atoms with E-state index in [9.17, 15) is 14.4 Å². The van der Waals surface area contributed by atoms with Crippen LogP contribution in [0.4, 0.5) is 5.69 Å². The van der Waals surface area contributed by atoms with E-state index in [1.54, 1.807) is 23.9 Å². The first-order valence-corrected chi connectivity index (χ1v) is 8.98. The van der Waals surface area contributed by atoms with Gasteiger partial charge in [0, 0.05) is 26.0 Å². The normalized spacial score (nSPS) is 12.3. The number of nitrogens with zero attached hydrogens (tertiary/aromatic N) is 3. The molecule has 0 saturated carbocycles. The molecule has 0 fully saturated rings. The summed E-state index contributed by atoms with van der Waals surface area (Å²) in [4.78, 5) is 36.9. The van der Waals surface area contributed by atoms with E-state index < -0.39 is 11.2 Å². The summed E-state index contributed by atoms with van der Waals surface area (Å²) in [5.41, 5.74) is 1.98. The van der Waals surface area contributed by atoms with E-state index in [0.29, 0.717) is 22.6 Å². The third-order valence-electron chi connectivity index (χ3n) is 5.07. The number of amides is 1. The third-order valence-corrected chi connectivity index (χ3v) is 5.07. The lowest BCUT2D eigenvalue weighted by Crippen LogP contribution is -2.37. The number of aryl methyl sites for hydroxylation is 1. The quantitative estimate of drug-likeness (QED) is 0.750. The van der Waals surface area contributed by atoms with Gasteiger partial charge >= 0.3 is 5.69 Å². The predicted molar refractivity (Wildman–Crippen MR) is 106 cm³/mol. The van der Waals surface area contributed by atoms with Crippen LogP contribution >= 0.6 is 0 Å². The number of hydrogen-bond acceptors (Lipinski definition) is 3. The highest BCUT2D eigenvalue weighted by Crippen LogP contribution is 2.20. The molecule has 0 aliphatic heterocycles. The molecule has 7 nitrogen and oxygen atoms in total. The maximum Gasteiger partial charge on any atom is 0.331 e. The zero-order valence-electron chi connectivity index (χ0n) is 16.0. The number of hydrogen-bond donors (Lipinski definition) is 1. The number of fused-ring (bicyclic) bond motifs is 1. The molecule has 142 valence electrons. The highest BCUT2D eigenvalue weighted by atomic mass is 16.2.